The average Bonchev–Trinajstić information content (AvgIpc) is 2.42. The summed E-state index contributed by atoms with van der Waals surface area (Å²) in [4.78, 5) is 13.9. The van der Waals surface area contributed by atoms with Gasteiger partial charge in [-0.15, -0.1) is 0 Å². The fourth-order valence-corrected chi connectivity index (χ4v) is 2.00. The molecule has 2 rings (SSSR count). The molecule has 0 aliphatic carbocycles. The summed E-state index contributed by atoms with van der Waals surface area (Å²) < 4.78 is 0. The van der Waals surface area contributed by atoms with E-state index in [0.717, 1.165) is 5.69 Å². The molecule has 0 aliphatic heterocycles. The number of nitrogens with two attached hydrogens (primary N) is 1. The molecule has 0 saturated heterocycles. The quantitative estimate of drug-likeness (QED) is 0.758. The average molecular weight is 305 g/mol. The van der Waals surface area contributed by atoms with Crippen LogP contribution < -0.4 is 21.3 Å². The maximum atomic E-state index is 11.9. The van der Waals surface area contributed by atoms with Crippen LogP contribution in [0.1, 0.15) is 0 Å². The second-order valence-corrected chi connectivity index (χ2v) is 5.17. The van der Waals surface area contributed by atoms with Gasteiger partial charge in [0, 0.05) is 31.2 Å². The molecule has 5 nitrogen and oxygen atoms in total. The molecule has 21 heavy (non-hydrogen) atoms. The van der Waals surface area contributed by atoms with E-state index in [1.54, 1.807) is 18.2 Å². The Morgan fingerprint density at radius 2 is 1.76 bits per heavy atom. The normalized spacial score (nSPS) is 10.0. The highest BCUT2D eigenvalue weighted by Gasteiger charge is 2.06. The van der Waals surface area contributed by atoms with Crippen LogP contribution in [-0.2, 0) is 0 Å². The molecule has 0 atom stereocenters. The highest BCUT2D eigenvalue weighted by molar-refractivity contribution is 6.34. The Morgan fingerprint density at radius 3 is 2.33 bits per heavy atom. The first-order valence-corrected chi connectivity index (χ1v) is 6.74. The minimum absolute atomic E-state index is 0.362. The van der Waals surface area contributed by atoms with Crippen molar-refractivity contribution in [3.05, 3.63) is 47.5 Å². The molecule has 110 valence electrons. The Kier molecular flexibility index (Phi) is 4.55. The summed E-state index contributed by atoms with van der Waals surface area (Å²) in [7, 11) is 3.91. The van der Waals surface area contributed by atoms with Gasteiger partial charge in [0.25, 0.3) is 0 Å². The third kappa shape index (κ3) is 4.03. The van der Waals surface area contributed by atoms with Crippen LogP contribution >= 0.6 is 11.6 Å². The molecule has 6 heteroatoms. The lowest BCUT2D eigenvalue weighted by Crippen LogP contribution is -2.19. The monoisotopic (exact) mass is 304 g/mol. The Labute approximate surface area is 128 Å². The number of hydrogen-bond donors (Lipinski definition) is 3. The first-order chi connectivity index (χ1) is 9.95. The van der Waals surface area contributed by atoms with E-state index in [9.17, 15) is 4.79 Å². The lowest BCUT2D eigenvalue weighted by atomic mass is 10.2. The molecule has 0 heterocycles. The summed E-state index contributed by atoms with van der Waals surface area (Å²) >= 11 is 6.00. The fourth-order valence-electron chi connectivity index (χ4n) is 1.76. The number of benzene rings is 2. The van der Waals surface area contributed by atoms with Crippen molar-refractivity contribution in [1.82, 2.24) is 0 Å². The van der Waals surface area contributed by atoms with E-state index < -0.39 is 0 Å². The summed E-state index contributed by atoms with van der Waals surface area (Å²) in [5.41, 5.74) is 8.41. The first kappa shape index (κ1) is 15.0. The third-order valence-corrected chi connectivity index (χ3v) is 3.20. The molecule has 2 aromatic carbocycles. The second-order valence-electron chi connectivity index (χ2n) is 4.76. The van der Waals surface area contributed by atoms with Gasteiger partial charge in [-0.1, -0.05) is 11.6 Å². The largest absolute Gasteiger partial charge is 0.399 e. The molecule has 4 N–H and O–H groups in total. The molecule has 0 fully saturated rings. The van der Waals surface area contributed by atoms with Crippen molar-refractivity contribution in [3.63, 3.8) is 0 Å². The summed E-state index contributed by atoms with van der Waals surface area (Å²) in [6.45, 7) is 0. The number of urea groups is 1. The zero-order valence-corrected chi connectivity index (χ0v) is 12.6. The predicted molar refractivity (Wildman–Crippen MR) is 89.3 cm³/mol. The van der Waals surface area contributed by atoms with Crippen LogP contribution in [0.15, 0.2) is 42.5 Å². The number of nitrogen functional groups attached to an aromatic ring is 1. The maximum absolute atomic E-state index is 11.9. The van der Waals surface area contributed by atoms with Crippen LogP contribution in [0.3, 0.4) is 0 Å². The van der Waals surface area contributed by atoms with Crippen molar-refractivity contribution >= 4 is 40.4 Å². The second kappa shape index (κ2) is 6.37. The predicted octanol–water partition coefficient (Wildman–Crippen LogP) is 3.63. The summed E-state index contributed by atoms with van der Waals surface area (Å²) in [5.74, 6) is 0. The Bertz CT molecular complexity index is 641. The van der Waals surface area contributed by atoms with Gasteiger partial charge >= 0.3 is 6.03 Å². The van der Waals surface area contributed by atoms with Gasteiger partial charge in [-0.3, -0.25) is 0 Å². The molecule has 0 unspecified atom stereocenters. The van der Waals surface area contributed by atoms with Crippen molar-refractivity contribution in [2.45, 2.75) is 0 Å². The van der Waals surface area contributed by atoms with Crippen molar-refractivity contribution in [1.29, 1.82) is 0 Å². The third-order valence-electron chi connectivity index (χ3n) is 2.88. The lowest BCUT2D eigenvalue weighted by Gasteiger charge is -2.13. The highest BCUT2D eigenvalue weighted by atomic mass is 35.5. The molecule has 2 amide bonds. The van der Waals surface area contributed by atoms with Crippen LogP contribution in [0.2, 0.25) is 5.02 Å². The Morgan fingerprint density at radius 1 is 1.10 bits per heavy atom. The van der Waals surface area contributed by atoms with Crippen molar-refractivity contribution in [2.24, 2.45) is 0 Å². The zero-order valence-electron chi connectivity index (χ0n) is 11.9. The van der Waals surface area contributed by atoms with Crippen LogP contribution in [0.4, 0.5) is 27.5 Å². The van der Waals surface area contributed by atoms with E-state index in [2.05, 4.69) is 10.6 Å². The number of hydrogen-bond acceptors (Lipinski definition) is 3. The minimum Gasteiger partial charge on any atom is -0.399 e. The van der Waals surface area contributed by atoms with Gasteiger partial charge in [0.05, 0.1) is 10.7 Å². The molecular weight excluding hydrogens is 288 g/mol. The Balaban J connectivity index is 2.01. The van der Waals surface area contributed by atoms with E-state index >= 15 is 0 Å². The highest BCUT2D eigenvalue weighted by Crippen LogP contribution is 2.24. The van der Waals surface area contributed by atoms with Gasteiger partial charge in [-0.05, 0) is 42.5 Å². The molecule has 0 aliphatic rings. The topological polar surface area (TPSA) is 70.4 Å². The van der Waals surface area contributed by atoms with Crippen molar-refractivity contribution in [2.75, 3.05) is 35.4 Å². The van der Waals surface area contributed by atoms with Gasteiger partial charge in [-0.25, -0.2) is 4.79 Å². The van der Waals surface area contributed by atoms with Gasteiger partial charge < -0.3 is 21.3 Å². The number of halogens is 1. The van der Waals surface area contributed by atoms with Crippen LogP contribution in [-0.4, -0.2) is 20.1 Å². The van der Waals surface area contributed by atoms with E-state index in [-0.39, 0.29) is 6.03 Å². The number of anilines is 4. The van der Waals surface area contributed by atoms with Gasteiger partial charge in [0.2, 0.25) is 0 Å². The molecule has 0 radical (unpaired) electrons. The van der Waals surface area contributed by atoms with Crippen LogP contribution in [0.25, 0.3) is 0 Å². The SMILES string of the molecule is CN(C)c1ccc(NC(=O)Nc2ccc(N)cc2Cl)cc1. The number of amides is 2. The Hall–Kier alpha value is -2.40. The fraction of sp³-hybridized carbons (Fsp3) is 0.133. The molecule has 2 aromatic rings. The molecule has 0 bridgehead atoms. The van der Waals surface area contributed by atoms with Gasteiger partial charge in [-0.2, -0.15) is 0 Å². The summed E-state index contributed by atoms with van der Waals surface area (Å²) in [5, 5.41) is 5.81. The summed E-state index contributed by atoms with van der Waals surface area (Å²) in [6, 6.07) is 12.1. The lowest BCUT2D eigenvalue weighted by molar-refractivity contribution is 0.262. The standard InChI is InChI=1S/C15H17ClN4O/c1-20(2)12-6-4-11(5-7-12)18-15(21)19-14-8-3-10(17)9-13(14)16/h3-9H,17H2,1-2H3,(H2,18,19,21). The summed E-state index contributed by atoms with van der Waals surface area (Å²) in [6.07, 6.45) is 0. The number of nitrogens with one attached hydrogen (secondary N) is 2. The van der Waals surface area contributed by atoms with Gasteiger partial charge in [0.15, 0.2) is 0 Å². The molecule has 0 spiro atoms. The minimum atomic E-state index is -0.362. The van der Waals surface area contributed by atoms with Crippen molar-refractivity contribution in [3.8, 4) is 0 Å². The van der Waals surface area contributed by atoms with E-state index in [4.69, 9.17) is 17.3 Å². The number of carbonyl (C=O) groups excluding carboxylic acids is 1. The van der Waals surface area contributed by atoms with Gasteiger partial charge in [0.1, 0.15) is 0 Å². The molecule has 0 aromatic heterocycles. The number of carbonyl (C=O) groups is 1. The zero-order chi connectivity index (χ0) is 15.4. The van der Waals surface area contributed by atoms with Crippen LogP contribution in [0.5, 0.6) is 0 Å². The smallest absolute Gasteiger partial charge is 0.323 e. The van der Waals surface area contributed by atoms with Crippen molar-refractivity contribution < 1.29 is 4.79 Å². The molecular formula is C15H17ClN4O. The number of nitrogens with zero attached hydrogens (tertiary/aromatic N) is 1. The van der Waals surface area contributed by atoms with E-state index in [1.165, 1.54) is 0 Å². The van der Waals surface area contributed by atoms with E-state index in [0.29, 0.717) is 22.1 Å². The first-order valence-electron chi connectivity index (χ1n) is 6.36. The maximum Gasteiger partial charge on any atom is 0.323 e. The molecule has 0 saturated carbocycles. The number of rotatable bonds is 3. The van der Waals surface area contributed by atoms with Crippen LogP contribution in [0, 0.1) is 0 Å². The van der Waals surface area contributed by atoms with E-state index in [1.807, 2.05) is 43.3 Å².